The minimum atomic E-state index is 0.472. The van der Waals surface area contributed by atoms with Crippen LogP contribution in [-0.4, -0.2) is 27.0 Å². The van der Waals surface area contributed by atoms with Crippen molar-refractivity contribution in [3.05, 3.63) is 31.0 Å². The van der Waals surface area contributed by atoms with Crippen LogP contribution < -0.4 is 10.1 Å². The second-order valence-electron chi connectivity index (χ2n) is 2.66. The summed E-state index contributed by atoms with van der Waals surface area (Å²) in [5.41, 5.74) is 0. The van der Waals surface area contributed by atoms with Crippen LogP contribution >= 0.6 is 0 Å². The van der Waals surface area contributed by atoms with Gasteiger partial charge in [0.2, 0.25) is 5.88 Å². The van der Waals surface area contributed by atoms with E-state index in [0.717, 1.165) is 0 Å². The first-order chi connectivity index (χ1) is 7.38. The zero-order chi connectivity index (χ0) is 10.5. The Hall–Kier alpha value is -2.24. The highest BCUT2D eigenvalue weighted by molar-refractivity contribution is 5.48. The quantitative estimate of drug-likeness (QED) is 0.802. The fourth-order valence-corrected chi connectivity index (χ4v) is 0.981. The number of hydrogen-bond acceptors (Lipinski definition) is 6. The average Bonchev–Trinajstić information content (AvgIpc) is 2.31. The number of ether oxygens (including phenoxy) is 1. The van der Waals surface area contributed by atoms with Crippen molar-refractivity contribution < 1.29 is 4.74 Å². The Labute approximate surface area is 86.4 Å². The Morgan fingerprint density at radius 3 is 2.47 bits per heavy atom. The molecule has 0 saturated heterocycles. The van der Waals surface area contributed by atoms with Crippen molar-refractivity contribution in [2.24, 2.45) is 0 Å². The highest BCUT2D eigenvalue weighted by atomic mass is 16.5. The van der Waals surface area contributed by atoms with Crippen LogP contribution in [0.2, 0.25) is 0 Å². The minimum absolute atomic E-state index is 0.472. The molecule has 2 rings (SSSR count). The molecule has 0 aliphatic heterocycles. The maximum Gasteiger partial charge on any atom is 0.232 e. The van der Waals surface area contributed by atoms with Crippen molar-refractivity contribution in [1.82, 2.24) is 19.9 Å². The largest absolute Gasteiger partial charge is 0.480 e. The van der Waals surface area contributed by atoms with Gasteiger partial charge < -0.3 is 10.1 Å². The van der Waals surface area contributed by atoms with Crippen LogP contribution in [0.15, 0.2) is 31.0 Å². The lowest BCUT2D eigenvalue weighted by atomic mass is 10.6. The predicted octanol–water partition coefficient (Wildman–Crippen LogP) is 1.02. The van der Waals surface area contributed by atoms with Crippen LogP contribution in [0.3, 0.4) is 0 Å². The Morgan fingerprint density at radius 1 is 1.00 bits per heavy atom. The molecule has 76 valence electrons. The number of hydrogen-bond donors (Lipinski definition) is 1. The van der Waals surface area contributed by atoms with Gasteiger partial charge in [-0.05, 0) is 0 Å². The second-order valence-corrected chi connectivity index (χ2v) is 2.66. The number of nitrogens with one attached hydrogen (secondary N) is 1. The van der Waals surface area contributed by atoms with Crippen LogP contribution in [0.1, 0.15) is 0 Å². The molecule has 1 N–H and O–H groups in total. The molecule has 0 aliphatic carbocycles. The molecule has 0 saturated carbocycles. The lowest BCUT2D eigenvalue weighted by Crippen LogP contribution is -1.97. The topological polar surface area (TPSA) is 72.8 Å². The van der Waals surface area contributed by atoms with E-state index in [1.807, 2.05) is 0 Å². The summed E-state index contributed by atoms with van der Waals surface area (Å²) >= 11 is 0. The predicted molar refractivity (Wildman–Crippen MR) is 53.9 cm³/mol. The monoisotopic (exact) mass is 203 g/mol. The molecular weight excluding hydrogens is 194 g/mol. The van der Waals surface area contributed by atoms with E-state index in [4.69, 9.17) is 4.74 Å². The van der Waals surface area contributed by atoms with Gasteiger partial charge >= 0.3 is 0 Å². The molecule has 15 heavy (non-hydrogen) atoms. The average molecular weight is 203 g/mol. The van der Waals surface area contributed by atoms with E-state index >= 15 is 0 Å². The summed E-state index contributed by atoms with van der Waals surface area (Å²) in [5.74, 6) is 1.69. The number of anilines is 2. The van der Waals surface area contributed by atoms with E-state index in [2.05, 4.69) is 25.3 Å². The van der Waals surface area contributed by atoms with Gasteiger partial charge in [0.15, 0.2) is 0 Å². The zero-order valence-corrected chi connectivity index (χ0v) is 8.08. The van der Waals surface area contributed by atoms with Crippen LogP contribution in [0.4, 0.5) is 11.6 Å². The van der Waals surface area contributed by atoms with Gasteiger partial charge in [-0.1, -0.05) is 0 Å². The van der Waals surface area contributed by atoms with E-state index in [9.17, 15) is 0 Å². The van der Waals surface area contributed by atoms with Crippen molar-refractivity contribution in [3.63, 3.8) is 0 Å². The maximum atomic E-state index is 4.89. The standard InChI is InChI=1S/C9H9N5O/c1-15-9-6-12-8(5-13-9)14-7-4-10-2-3-11-7/h2-6H,1H3,(H,11,12,14). The summed E-state index contributed by atoms with van der Waals surface area (Å²) in [7, 11) is 1.54. The normalized spacial score (nSPS) is 9.67. The van der Waals surface area contributed by atoms with Gasteiger partial charge in [-0.25, -0.2) is 15.0 Å². The SMILES string of the molecule is COc1cnc(Nc2cnccn2)cn1. The molecule has 0 radical (unpaired) electrons. The van der Waals surface area contributed by atoms with Crippen molar-refractivity contribution in [2.45, 2.75) is 0 Å². The summed E-state index contributed by atoms with van der Waals surface area (Å²) in [6.45, 7) is 0. The van der Waals surface area contributed by atoms with Crippen LogP contribution in [0.25, 0.3) is 0 Å². The van der Waals surface area contributed by atoms with Crippen LogP contribution in [0, 0.1) is 0 Å². The van der Waals surface area contributed by atoms with E-state index in [-0.39, 0.29) is 0 Å². The molecule has 2 heterocycles. The molecule has 2 aromatic rings. The molecule has 0 amide bonds. The molecule has 0 aromatic carbocycles. The van der Waals surface area contributed by atoms with Crippen LogP contribution in [0.5, 0.6) is 5.88 Å². The first kappa shape index (κ1) is 9.32. The number of rotatable bonds is 3. The fraction of sp³-hybridized carbons (Fsp3) is 0.111. The van der Waals surface area contributed by atoms with Gasteiger partial charge in [0, 0.05) is 12.4 Å². The van der Waals surface area contributed by atoms with Gasteiger partial charge in [0.25, 0.3) is 0 Å². The first-order valence-corrected chi connectivity index (χ1v) is 4.27. The summed E-state index contributed by atoms with van der Waals surface area (Å²) < 4.78 is 4.89. The molecule has 6 heteroatoms. The molecule has 0 atom stereocenters. The highest BCUT2D eigenvalue weighted by Crippen LogP contribution is 2.10. The molecule has 0 spiro atoms. The number of nitrogens with zero attached hydrogens (tertiary/aromatic N) is 4. The lowest BCUT2D eigenvalue weighted by Gasteiger charge is -2.03. The summed E-state index contributed by atoms with van der Waals surface area (Å²) in [5, 5.41) is 2.95. The Bertz CT molecular complexity index is 416. The molecule has 6 nitrogen and oxygen atoms in total. The molecule has 2 aromatic heterocycles. The number of aromatic nitrogens is 4. The third-order valence-electron chi connectivity index (χ3n) is 1.66. The Kier molecular flexibility index (Phi) is 2.68. The molecule has 0 aliphatic rings. The van der Waals surface area contributed by atoms with Crippen molar-refractivity contribution in [2.75, 3.05) is 12.4 Å². The van der Waals surface area contributed by atoms with E-state index in [1.165, 1.54) is 6.20 Å². The Morgan fingerprint density at radius 2 is 1.87 bits per heavy atom. The minimum Gasteiger partial charge on any atom is -0.480 e. The van der Waals surface area contributed by atoms with Crippen molar-refractivity contribution >= 4 is 11.6 Å². The fourth-order valence-electron chi connectivity index (χ4n) is 0.981. The maximum absolute atomic E-state index is 4.89. The van der Waals surface area contributed by atoms with Crippen molar-refractivity contribution in [1.29, 1.82) is 0 Å². The van der Waals surface area contributed by atoms with E-state index < -0.39 is 0 Å². The first-order valence-electron chi connectivity index (χ1n) is 4.27. The molecule has 0 fully saturated rings. The van der Waals surface area contributed by atoms with Gasteiger partial charge in [0.1, 0.15) is 11.6 Å². The van der Waals surface area contributed by atoms with Gasteiger partial charge in [-0.2, -0.15) is 0 Å². The molecule has 0 bridgehead atoms. The Balaban J connectivity index is 2.11. The highest BCUT2D eigenvalue weighted by Gasteiger charge is 1.98. The lowest BCUT2D eigenvalue weighted by molar-refractivity contribution is 0.396. The third kappa shape index (κ3) is 2.37. The molecule has 0 unspecified atom stereocenters. The zero-order valence-electron chi connectivity index (χ0n) is 8.08. The van der Waals surface area contributed by atoms with Crippen LogP contribution in [-0.2, 0) is 0 Å². The molecular formula is C9H9N5O. The summed E-state index contributed by atoms with van der Waals surface area (Å²) in [6, 6.07) is 0. The smallest absolute Gasteiger partial charge is 0.232 e. The van der Waals surface area contributed by atoms with Gasteiger partial charge in [0.05, 0.1) is 25.7 Å². The third-order valence-corrected chi connectivity index (χ3v) is 1.66. The van der Waals surface area contributed by atoms with E-state index in [1.54, 1.807) is 31.9 Å². The summed E-state index contributed by atoms with van der Waals surface area (Å²) in [4.78, 5) is 16.0. The van der Waals surface area contributed by atoms with Crippen molar-refractivity contribution in [3.8, 4) is 5.88 Å². The van der Waals surface area contributed by atoms with Gasteiger partial charge in [-0.3, -0.25) is 4.98 Å². The number of methoxy groups -OCH3 is 1. The van der Waals surface area contributed by atoms with E-state index in [0.29, 0.717) is 17.5 Å². The second kappa shape index (κ2) is 4.32. The summed E-state index contributed by atoms with van der Waals surface area (Å²) in [6.07, 6.45) is 7.89. The van der Waals surface area contributed by atoms with Gasteiger partial charge in [-0.15, -0.1) is 0 Å².